The quantitative estimate of drug-likeness (QED) is 0.0689. The molecule has 6 rings (SSSR count). The first-order valence-electron chi connectivity index (χ1n) is 20.6. The van der Waals surface area contributed by atoms with Gasteiger partial charge in [-0.15, -0.1) is 0 Å². The number of aryl methyl sites for hydroxylation is 1. The van der Waals surface area contributed by atoms with Crippen LogP contribution in [0.5, 0.6) is 0 Å². The second kappa shape index (κ2) is 18.5. The zero-order valence-electron chi connectivity index (χ0n) is 36.4. The standard InChI is InChI=1S/C32H34N3Se.C17H32O2.Ir/c1-19-7-8-22-15-23(16-25(27(22)35-19)31(2,3)4)28-30-29(34-18-33-28)24-10-9-21(17-26(24)36-30)20-11-13-32(5,6)14-12-20;1-10(2)16(11(3)4)14(18)9-15(19)17(12(5)6)13(7)8;/h7-10,16-18,20H,11-14H2,1-6H3;9-13,16-18H,1-8H3;/q-1;;/b;14-9-;. The van der Waals surface area contributed by atoms with Crippen LogP contribution in [0.25, 0.3) is 41.6 Å². The molecule has 7 heteroatoms. The zero-order chi connectivity index (χ0) is 40.6. The van der Waals surface area contributed by atoms with Crippen molar-refractivity contribution in [1.82, 2.24) is 15.0 Å². The number of carbonyl (C=O) groups is 1. The van der Waals surface area contributed by atoms with E-state index in [1.165, 1.54) is 56.8 Å². The Hall–Kier alpha value is -2.69. The van der Waals surface area contributed by atoms with Crippen LogP contribution >= 0.6 is 0 Å². The molecule has 1 aliphatic rings. The van der Waals surface area contributed by atoms with Gasteiger partial charge in [-0.2, -0.15) is 0 Å². The number of ketones is 1. The summed E-state index contributed by atoms with van der Waals surface area (Å²) in [6.45, 7) is 30.3. The summed E-state index contributed by atoms with van der Waals surface area (Å²) >= 11 is 0.182. The Morgan fingerprint density at radius 3 is 2.05 bits per heavy atom. The molecule has 1 radical (unpaired) electrons. The number of aromatic nitrogens is 3. The molecule has 56 heavy (non-hydrogen) atoms. The summed E-state index contributed by atoms with van der Waals surface area (Å²) in [5.74, 6) is 2.32. The Morgan fingerprint density at radius 1 is 0.875 bits per heavy atom. The number of carbonyl (C=O) groups excluding carboxylic acids is 1. The maximum Gasteiger partial charge on any atom is 0 e. The predicted molar refractivity (Wildman–Crippen MR) is 234 cm³/mol. The van der Waals surface area contributed by atoms with Crippen LogP contribution in [0.15, 0.2) is 54.6 Å². The minimum Gasteiger partial charge on any atom is 0 e. The Balaban J connectivity index is 0.000000299. The molecule has 0 unspecified atom stereocenters. The summed E-state index contributed by atoms with van der Waals surface area (Å²) in [5.41, 5.74) is 8.50. The molecule has 0 aliphatic heterocycles. The fourth-order valence-corrected chi connectivity index (χ4v) is 11.5. The summed E-state index contributed by atoms with van der Waals surface area (Å²) < 4.78 is 2.74. The molecule has 1 fully saturated rings. The van der Waals surface area contributed by atoms with E-state index in [4.69, 9.17) is 15.0 Å². The Kier molecular flexibility index (Phi) is 15.2. The van der Waals surface area contributed by atoms with Gasteiger partial charge in [-0.1, -0.05) is 55.4 Å². The van der Waals surface area contributed by atoms with Crippen LogP contribution in [0, 0.1) is 53.9 Å². The number of aliphatic hydroxyl groups excluding tert-OH is 1. The van der Waals surface area contributed by atoms with Crippen molar-refractivity contribution in [2.24, 2.45) is 40.9 Å². The van der Waals surface area contributed by atoms with Gasteiger partial charge in [0.05, 0.1) is 5.76 Å². The van der Waals surface area contributed by atoms with Crippen LogP contribution in [0.3, 0.4) is 0 Å². The maximum absolute atomic E-state index is 12.3. The summed E-state index contributed by atoms with van der Waals surface area (Å²) in [4.78, 5) is 26.8. The summed E-state index contributed by atoms with van der Waals surface area (Å²) in [6.07, 6.45) is 8.45. The molecule has 0 atom stereocenters. The van der Waals surface area contributed by atoms with Crippen molar-refractivity contribution < 1.29 is 30.0 Å². The molecule has 5 nitrogen and oxygen atoms in total. The van der Waals surface area contributed by atoms with Crippen molar-refractivity contribution in [3.63, 3.8) is 0 Å². The molecule has 305 valence electrons. The van der Waals surface area contributed by atoms with E-state index in [-0.39, 0.29) is 63.4 Å². The molecule has 1 aliphatic carbocycles. The van der Waals surface area contributed by atoms with Crippen LogP contribution in [-0.2, 0) is 30.3 Å². The molecule has 5 aromatic rings. The second-order valence-electron chi connectivity index (χ2n) is 19.4. The second-order valence-corrected chi connectivity index (χ2v) is 21.6. The van der Waals surface area contributed by atoms with Crippen LogP contribution in [0.4, 0.5) is 0 Å². The van der Waals surface area contributed by atoms with Crippen molar-refractivity contribution in [2.45, 2.75) is 134 Å². The van der Waals surface area contributed by atoms with Gasteiger partial charge >= 0.3 is 221 Å². The van der Waals surface area contributed by atoms with E-state index in [0.29, 0.717) is 35.0 Å². The Labute approximate surface area is 357 Å². The van der Waals surface area contributed by atoms with Crippen molar-refractivity contribution in [1.29, 1.82) is 0 Å². The molecule has 2 aromatic carbocycles. The number of allylic oxidation sites excluding steroid dienone is 2. The van der Waals surface area contributed by atoms with Gasteiger partial charge in [-0.05, 0) is 23.7 Å². The Bertz CT molecular complexity index is 2150. The topological polar surface area (TPSA) is 76.0 Å². The van der Waals surface area contributed by atoms with E-state index in [2.05, 4.69) is 139 Å². The van der Waals surface area contributed by atoms with Gasteiger partial charge in [-0.25, -0.2) is 0 Å². The normalized spacial score (nSPS) is 15.5. The van der Waals surface area contributed by atoms with E-state index >= 15 is 0 Å². The number of rotatable bonds is 9. The van der Waals surface area contributed by atoms with E-state index in [0.717, 1.165) is 33.4 Å². The molecule has 0 saturated heterocycles. The van der Waals surface area contributed by atoms with Crippen LogP contribution < -0.4 is 0 Å². The monoisotopic (exact) mass is 1000 g/mol. The SMILES string of the molecule is CC(C)C(C(=O)/C=C(\O)C(C(C)C)C(C)C)C(C)C.Cc1ccc2[c-]c(-c3ncnc4c3[se]c3cc(C5CCC(C)(C)CC5)ccc34)cc(C(C)(C)C)c2n1.[Ir]. The third kappa shape index (κ3) is 10.5. The van der Waals surface area contributed by atoms with Gasteiger partial charge in [0, 0.05) is 38.0 Å². The molecule has 1 saturated carbocycles. The molecule has 0 amide bonds. The molecule has 0 spiro atoms. The molecular formula is C49H66IrN3O2Se-. The average Bonchev–Trinajstić information content (AvgIpc) is 3.45. The minimum atomic E-state index is -0.0311. The first-order chi connectivity index (χ1) is 25.7. The van der Waals surface area contributed by atoms with Gasteiger partial charge < -0.3 is 5.11 Å². The van der Waals surface area contributed by atoms with Gasteiger partial charge in [0.25, 0.3) is 0 Å². The number of aliphatic hydroxyl groups is 1. The number of hydrogen-bond acceptors (Lipinski definition) is 5. The summed E-state index contributed by atoms with van der Waals surface area (Å²) in [7, 11) is 0. The molecule has 0 bridgehead atoms. The van der Waals surface area contributed by atoms with Gasteiger partial charge in [0.1, 0.15) is 0 Å². The van der Waals surface area contributed by atoms with Gasteiger partial charge in [0.2, 0.25) is 0 Å². The molecule has 3 aromatic heterocycles. The third-order valence-electron chi connectivity index (χ3n) is 11.8. The van der Waals surface area contributed by atoms with E-state index < -0.39 is 0 Å². The van der Waals surface area contributed by atoms with Crippen molar-refractivity contribution >= 4 is 50.6 Å². The maximum atomic E-state index is 12.3. The van der Waals surface area contributed by atoms with E-state index in [9.17, 15) is 9.90 Å². The predicted octanol–water partition coefficient (Wildman–Crippen LogP) is 13.0. The van der Waals surface area contributed by atoms with Crippen LogP contribution in [0.1, 0.15) is 138 Å². The van der Waals surface area contributed by atoms with E-state index in [1.807, 2.05) is 0 Å². The summed E-state index contributed by atoms with van der Waals surface area (Å²) in [6, 6.07) is 17.3. The van der Waals surface area contributed by atoms with E-state index in [1.54, 1.807) is 6.33 Å². The Morgan fingerprint density at radius 2 is 1.48 bits per heavy atom. The summed E-state index contributed by atoms with van der Waals surface area (Å²) in [5, 5.41) is 12.6. The van der Waals surface area contributed by atoms with Crippen molar-refractivity contribution in [3.05, 3.63) is 77.4 Å². The molecular weight excluding hydrogens is 934 g/mol. The zero-order valence-corrected chi connectivity index (χ0v) is 40.5. The smallest absolute Gasteiger partial charge is 0 e. The number of benzene rings is 2. The molecule has 1 N–H and O–H groups in total. The largest absolute Gasteiger partial charge is 0 e. The van der Waals surface area contributed by atoms with Crippen molar-refractivity contribution in [3.8, 4) is 11.3 Å². The van der Waals surface area contributed by atoms with Crippen LogP contribution in [-0.4, -0.2) is 40.3 Å². The first kappa shape index (κ1) is 46.0. The number of hydrogen-bond donors (Lipinski definition) is 1. The average molecular weight is 1000 g/mol. The number of nitrogens with zero attached hydrogens (tertiary/aromatic N) is 3. The fourth-order valence-electron chi connectivity index (χ4n) is 8.94. The van der Waals surface area contributed by atoms with Crippen LogP contribution in [0.2, 0.25) is 0 Å². The molecule has 3 heterocycles. The first-order valence-corrected chi connectivity index (χ1v) is 22.4. The number of fused-ring (bicyclic) bond motifs is 4. The minimum absolute atomic E-state index is 0. The fraction of sp³-hybridized carbons (Fsp3) is 0.551. The van der Waals surface area contributed by atoms with Crippen molar-refractivity contribution in [2.75, 3.05) is 0 Å². The van der Waals surface area contributed by atoms with Gasteiger partial charge in [0.15, 0.2) is 5.78 Å². The number of pyridine rings is 1. The third-order valence-corrected chi connectivity index (χ3v) is 14.2. The van der Waals surface area contributed by atoms with Gasteiger partial charge in [-0.3, -0.25) is 4.79 Å².